The third kappa shape index (κ3) is 21.4. The first-order chi connectivity index (χ1) is 33.9. The van der Waals surface area contributed by atoms with Gasteiger partial charge in [-0.3, -0.25) is 19.2 Å². The van der Waals surface area contributed by atoms with Crippen molar-refractivity contribution in [2.45, 2.75) is 124 Å². The van der Waals surface area contributed by atoms with Gasteiger partial charge in [-0.25, -0.2) is 4.79 Å². The van der Waals surface area contributed by atoms with Gasteiger partial charge in [0.05, 0.1) is 41.4 Å². The largest absolute Gasteiger partial charge is 0.463 e. The van der Waals surface area contributed by atoms with Gasteiger partial charge in [0.25, 0.3) is 23.3 Å². The van der Waals surface area contributed by atoms with E-state index < -0.39 is 29.2 Å². The fourth-order valence-corrected chi connectivity index (χ4v) is 5.43. The van der Waals surface area contributed by atoms with Crippen molar-refractivity contribution in [2.75, 3.05) is 7.11 Å². The molecule has 0 saturated carbocycles. The van der Waals surface area contributed by atoms with Gasteiger partial charge in [0.1, 0.15) is 25.9 Å². The third-order valence-corrected chi connectivity index (χ3v) is 9.49. The Balaban J connectivity index is 0.000000540. The molecular formula is C52H65N11O9. The Labute approximate surface area is 421 Å². The van der Waals surface area contributed by atoms with Gasteiger partial charge in [-0.2, -0.15) is 35.9 Å². The minimum absolute atomic E-state index is 0.0384. The lowest BCUT2D eigenvalue weighted by Gasteiger charge is -2.10. The summed E-state index contributed by atoms with van der Waals surface area (Å²) < 4.78 is 4.51. The zero-order chi connectivity index (χ0) is 54.7. The molecule has 382 valence electrons. The van der Waals surface area contributed by atoms with E-state index in [0.717, 1.165) is 22.7 Å². The summed E-state index contributed by atoms with van der Waals surface area (Å²) in [6, 6.07) is 17.4. The number of rotatable bonds is 20. The van der Waals surface area contributed by atoms with E-state index in [1.165, 1.54) is 7.11 Å². The summed E-state index contributed by atoms with van der Waals surface area (Å²) in [5.74, 6) is -3.93. The molecular weight excluding hydrogens is 923 g/mol. The molecule has 0 aromatic heterocycles. The summed E-state index contributed by atoms with van der Waals surface area (Å²) in [5, 5.41) is 44.7. The molecule has 72 heavy (non-hydrogen) atoms. The van der Waals surface area contributed by atoms with Gasteiger partial charge in [-0.15, -0.1) is 0 Å². The van der Waals surface area contributed by atoms with Crippen LogP contribution < -0.4 is 5.73 Å². The number of nitrogens with zero attached hydrogens (tertiary/aromatic N) is 10. The number of ether oxygens (including phenoxy) is 1. The number of carbonyl (C=O) groups excluding carboxylic acids is 5. The lowest BCUT2D eigenvalue weighted by molar-refractivity contribution is -0.135. The van der Waals surface area contributed by atoms with Gasteiger partial charge in [0.2, 0.25) is 0 Å². The van der Waals surface area contributed by atoms with Crippen LogP contribution in [0.25, 0.3) is 0 Å². The molecule has 3 aromatic rings. The Kier molecular flexibility index (Phi) is 27.0. The summed E-state index contributed by atoms with van der Waals surface area (Å²) >= 11 is 0. The second-order valence-corrected chi connectivity index (χ2v) is 16.3. The number of benzene rings is 3. The average Bonchev–Trinajstić information content (AvgIpc) is 3.33. The first-order valence-electron chi connectivity index (χ1n) is 22.2. The SMILES string of the molecule is CC(C)=N/N=C(C)\C(C)=N/OCc1cccc(C)c1C(=O)C#N.CC(C)=N/N=C(C)\C(C)=N/OCc1cccc(C)c1C(=O)C(N)=O.COC(=O)C(=O)c1c(C)cccc1CO/N=C(C)\C(C)=N/N=C(C)C. The van der Waals surface area contributed by atoms with Crippen LogP contribution >= 0.6 is 0 Å². The van der Waals surface area contributed by atoms with Crippen LogP contribution in [0.15, 0.2) is 101 Å². The van der Waals surface area contributed by atoms with Crippen molar-refractivity contribution in [1.82, 2.24) is 0 Å². The minimum atomic E-state index is -0.999. The van der Waals surface area contributed by atoms with Crippen LogP contribution in [0.4, 0.5) is 0 Å². The lowest BCUT2D eigenvalue weighted by atomic mass is 9.98. The molecule has 0 aliphatic carbocycles. The maximum absolute atomic E-state index is 12.2. The summed E-state index contributed by atoms with van der Waals surface area (Å²) in [7, 11) is 1.17. The van der Waals surface area contributed by atoms with Crippen LogP contribution in [0.5, 0.6) is 0 Å². The number of nitriles is 1. The van der Waals surface area contributed by atoms with E-state index in [9.17, 15) is 24.0 Å². The summed E-state index contributed by atoms with van der Waals surface area (Å²) in [5.41, 5.74) is 15.9. The Bertz CT molecular complexity index is 2800. The molecule has 0 bridgehead atoms. The van der Waals surface area contributed by atoms with Crippen molar-refractivity contribution in [2.24, 2.45) is 51.8 Å². The van der Waals surface area contributed by atoms with Crippen molar-refractivity contribution >= 4 is 80.6 Å². The Morgan fingerprint density at radius 3 is 1.07 bits per heavy atom. The Morgan fingerprint density at radius 1 is 0.472 bits per heavy atom. The highest BCUT2D eigenvalue weighted by atomic mass is 16.6. The summed E-state index contributed by atoms with van der Waals surface area (Å²) in [6.07, 6.45) is 0. The van der Waals surface area contributed by atoms with E-state index in [4.69, 9.17) is 25.5 Å². The molecule has 1 amide bonds. The first kappa shape index (κ1) is 61.5. The number of primary amides is 1. The van der Waals surface area contributed by atoms with Crippen LogP contribution in [0.1, 0.15) is 148 Å². The second-order valence-electron chi connectivity index (χ2n) is 16.3. The predicted molar refractivity (Wildman–Crippen MR) is 283 cm³/mol. The monoisotopic (exact) mass is 987 g/mol. The molecule has 3 rings (SSSR count). The van der Waals surface area contributed by atoms with Crippen molar-refractivity contribution < 1.29 is 43.2 Å². The van der Waals surface area contributed by atoms with Gasteiger partial charge < -0.3 is 25.0 Å². The van der Waals surface area contributed by atoms with Crippen LogP contribution in [0.2, 0.25) is 0 Å². The van der Waals surface area contributed by atoms with Gasteiger partial charge in [-0.05, 0) is 121 Å². The molecule has 20 nitrogen and oxygen atoms in total. The first-order valence-corrected chi connectivity index (χ1v) is 22.2. The summed E-state index contributed by atoms with van der Waals surface area (Å²) in [4.78, 5) is 74.5. The number of aryl methyl sites for hydroxylation is 3. The fraction of sp³-hybridized carbons (Fsp3) is 0.365. The van der Waals surface area contributed by atoms with E-state index in [1.807, 2.05) is 47.6 Å². The highest BCUT2D eigenvalue weighted by Gasteiger charge is 2.23. The van der Waals surface area contributed by atoms with E-state index >= 15 is 0 Å². The summed E-state index contributed by atoms with van der Waals surface area (Å²) in [6.45, 7) is 27.1. The standard InChI is InChI=1S/C18H23N3O4.C17H22N4O3.C17H20N4O2/c1-11(2)19-20-13(4)14(5)21-25-10-15-9-7-8-12(3)16(15)17(22)18(23)24-6;1-10(2)19-20-12(4)13(5)21-24-9-14-8-6-7-11(3)15(14)16(22)17(18)23;1-11(2)19-20-13(4)14(5)21-23-10-15-8-6-7-12(3)17(15)16(22)9-18/h7-9H,10H2,1-6H3;6-8H,9H2,1-5H3,(H2,18,23);6-8H,10H2,1-5H3/b20-13-,21-14-;20-12-,21-13-;20-13-,21-14-. The third-order valence-electron chi connectivity index (χ3n) is 9.49. The number of Topliss-reactive ketones (excluding diaryl/α,β-unsaturated/α-hetero) is 3. The van der Waals surface area contributed by atoms with Crippen LogP contribution in [0.3, 0.4) is 0 Å². The van der Waals surface area contributed by atoms with Crippen LogP contribution in [0, 0.1) is 32.1 Å². The number of hydrogen-bond donors (Lipinski definition) is 1. The number of amides is 1. The van der Waals surface area contributed by atoms with Crippen molar-refractivity contribution in [3.63, 3.8) is 0 Å². The number of ketones is 3. The molecule has 0 fully saturated rings. The second kappa shape index (κ2) is 31.6. The maximum Gasteiger partial charge on any atom is 0.379 e. The van der Waals surface area contributed by atoms with E-state index in [0.29, 0.717) is 67.7 Å². The highest BCUT2D eigenvalue weighted by molar-refractivity contribution is 6.43. The van der Waals surface area contributed by atoms with Gasteiger partial charge in [-0.1, -0.05) is 70.1 Å². The number of oxime groups is 3. The molecule has 0 heterocycles. The molecule has 0 spiro atoms. The zero-order valence-corrected chi connectivity index (χ0v) is 44.0. The minimum Gasteiger partial charge on any atom is -0.463 e. The molecule has 0 aliphatic rings. The molecule has 0 atom stereocenters. The molecule has 0 unspecified atom stereocenters. The van der Waals surface area contributed by atoms with E-state index in [-0.39, 0.29) is 30.9 Å². The molecule has 3 aromatic carbocycles. The molecule has 0 saturated heterocycles. The molecule has 0 aliphatic heterocycles. The van der Waals surface area contributed by atoms with E-state index in [1.54, 1.807) is 117 Å². The molecule has 20 heteroatoms. The highest BCUT2D eigenvalue weighted by Crippen LogP contribution is 2.19. The fourth-order valence-electron chi connectivity index (χ4n) is 5.43. The lowest BCUT2D eigenvalue weighted by Crippen LogP contribution is -2.25. The zero-order valence-electron chi connectivity index (χ0n) is 44.0. The van der Waals surface area contributed by atoms with Crippen molar-refractivity contribution in [3.05, 3.63) is 105 Å². The number of methoxy groups -OCH3 is 1. The Hall–Kier alpha value is -8.47. The predicted octanol–water partition coefficient (Wildman–Crippen LogP) is 8.96. The van der Waals surface area contributed by atoms with Crippen LogP contribution in [-0.4, -0.2) is 87.7 Å². The van der Waals surface area contributed by atoms with Gasteiger partial charge in [0.15, 0.2) is 0 Å². The Morgan fingerprint density at radius 2 is 0.778 bits per heavy atom. The number of carbonyl (C=O) groups is 5. The van der Waals surface area contributed by atoms with Gasteiger partial charge in [0, 0.05) is 50.5 Å². The van der Waals surface area contributed by atoms with E-state index in [2.05, 4.69) is 50.8 Å². The smallest absolute Gasteiger partial charge is 0.379 e. The molecule has 2 N–H and O–H groups in total. The van der Waals surface area contributed by atoms with Crippen molar-refractivity contribution in [3.8, 4) is 6.07 Å². The number of nitrogens with two attached hydrogens (primary N) is 1. The average molecular weight is 988 g/mol. The number of esters is 1. The van der Waals surface area contributed by atoms with Crippen LogP contribution in [-0.2, 0) is 48.7 Å². The van der Waals surface area contributed by atoms with Crippen molar-refractivity contribution in [1.29, 1.82) is 5.26 Å². The maximum atomic E-state index is 12.2. The topological polar surface area (TPSA) is 283 Å². The molecule has 0 radical (unpaired) electrons. The quantitative estimate of drug-likeness (QED) is 0.0280. The normalized spacial score (nSPS) is 11.8. The number of hydrogen-bond acceptors (Lipinski definition) is 19. The van der Waals surface area contributed by atoms with Gasteiger partial charge >= 0.3 is 5.97 Å².